The number of nitrogens with zero attached hydrogens (tertiary/aromatic N) is 3. The van der Waals surface area contributed by atoms with Crippen LogP contribution in [0, 0.1) is 0 Å². The van der Waals surface area contributed by atoms with Crippen LogP contribution < -0.4 is 4.90 Å². The molecule has 0 spiro atoms. The van der Waals surface area contributed by atoms with E-state index in [4.69, 9.17) is 4.74 Å². The van der Waals surface area contributed by atoms with E-state index in [1.807, 2.05) is 37.3 Å². The lowest BCUT2D eigenvalue weighted by Gasteiger charge is -2.30. The number of piperidine rings is 1. The van der Waals surface area contributed by atoms with Gasteiger partial charge in [-0.25, -0.2) is 17.5 Å². The van der Waals surface area contributed by atoms with Gasteiger partial charge in [-0.3, -0.25) is 4.79 Å². The van der Waals surface area contributed by atoms with Crippen molar-refractivity contribution in [3.8, 4) is 0 Å². The number of carbonyl (C=O) groups is 2. The van der Waals surface area contributed by atoms with E-state index in [0.717, 1.165) is 42.2 Å². The lowest BCUT2D eigenvalue weighted by molar-refractivity contribution is -0.135. The first-order chi connectivity index (χ1) is 16.1. The number of esters is 1. The number of likely N-dealkylation sites (N-methyl/N-ethyl adjacent to an activating group) is 1. The van der Waals surface area contributed by atoms with Gasteiger partial charge in [0.1, 0.15) is 0 Å². The first kappa shape index (κ1) is 25.7. The number of hydrogen-bond acceptors (Lipinski definition) is 6. The number of carbonyl (C=O) groups excluding carboxylic acids is 2. The van der Waals surface area contributed by atoms with Gasteiger partial charge in [0, 0.05) is 34.2 Å². The van der Waals surface area contributed by atoms with Gasteiger partial charge in [0.2, 0.25) is 10.0 Å². The number of rotatable bonds is 8. The molecule has 34 heavy (non-hydrogen) atoms. The van der Waals surface area contributed by atoms with Crippen LogP contribution in [0.25, 0.3) is 0 Å². The zero-order valence-corrected chi connectivity index (χ0v) is 21.0. The molecular weight excluding hydrogens is 454 g/mol. The van der Waals surface area contributed by atoms with Gasteiger partial charge in [0.05, 0.1) is 22.2 Å². The Morgan fingerprint density at radius 3 is 2.26 bits per heavy atom. The zero-order chi connectivity index (χ0) is 24.9. The predicted molar refractivity (Wildman–Crippen MR) is 131 cm³/mol. The van der Waals surface area contributed by atoms with Crippen molar-refractivity contribution in [1.29, 1.82) is 0 Å². The molecule has 8 nitrogen and oxygen atoms in total. The van der Waals surface area contributed by atoms with Crippen molar-refractivity contribution in [3.05, 3.63) is 59.7 Å². The fourth-order valence-corrected chi connectivity index (χ4v) is 4.87. The van der Waals surface area contributed by atoms with E-state index in [1.54, 1.807) is 13.1 Å². The van der Waals surface area contributed by atoms with Crippen LogP contribution in [0.5, 0.6) is 0 Å². The molecule has 0 saturated carbocycles. The van der Waals surface area contributed by atoms with E-state index in [0.29, 0.717) is 5.69 Å². The van der Waals surface area contributed by atoms with Crippen molar-refractivity contribution in [2.45, 2.75) is 37.1 Å². The molecule has 1 unspecified atom stereocenters. The van der Waals surface area contributed by atoms with E-state index >= 15 is 0 Å². The summed E-state index contributed by atoms with van der Waals surface area (Å²) in [5, 5.41) is 0. The van der Waals surface area contributed by atoms with Crippen LogP contribution in [-0.2, 0) is 19.6 Å². The zero-order valence-electron chi connectivity index (χ0n) is 20.2. The molecule has 2 aromatic rings. The highest BCUT2D eigenvalue weighted by Gasteiger charge is 2.26. The van der Waals surface area contributed by atoms with Crippen LogP contribution in [0.2, 0.25) is 0 Å². The molecule has 0 radical (unpaired) electrons. The SMILES string of the molecule is CC(c1ccccc1)N(C)C(=O)COC(=O)c1cc(S(=O)(=O)N(C)C)ccc1N1CCCCC1. The van der Waals surface area contributed by atoms with Crippen LogP contribution in [0.1, 0.15) is 48.1 Å². The maximum atomic E-state index is 13.1. The minimum atomic E-state index is -3.74. The molecule has 2 aromatic carbocycles. The molecule has 0 aliphatic carbocycles. The van der Waals surface area contributed by atoms with E-state index in [9.17, 15) is 18.0 Å². The minimum Gasteiger partial charge on any atom is -0.452 e. The summed E-state index contributed by atoms with van der Waals surface area (Å²) in [7, 11) is 0.806. The topological polar surface area (TPSA) is 87.2 Å². The van der Waals surface area contributed by atoms with Gasteiger partial charge in [0.25, 0.3) is 5.91 Å². The van der Waals surface area contributed by atoms with Gasteiger partial charge in [0.15, 0.2) is 6.61 Å². The summed E-state index contributed by atoms with van der Waals surface area (Å²) in [4.78, 5) is 29.4. The Morgan fingerprint density at radius 2 is 1.65 bits per heavy atom. The minimum absolute atomic E-state index is 0.00588. The van der Waals surface area contributed by atoms with Crippen LogP contribution in [-0.4, -0.2) is 70.3 Å². The van der Waals surface area contributed by atoms with E-state index < -0.39 is 22.6 Å². The Bertz CT molecular complexity index is 1110. The smallest absolute Gasteiger partial charge is 0.340 e. The van der Waals surface area contributed by atoms with Crippen molar-refractivity contribution in [3.63, 3.8) is 0 Å². The second-order valence-electron chi connectivity index (χ2n) is 8.68. The van der Waals surface area contributed by atoms with Gasteiger partial charge in [-0.1, -0.05) is 30.3 Å². The average molecular weight is 488 g/mol. The summed E-state index contributed by atoms with van der Waals surface area (Å²) in [5.41, 5.74) is 1.75. The van der Waals surface area contributed by atoms with Crippen molar-refractivity contribution in [1.82, 2.24) is 9.21 Å². The highest BCUT2D eigenvalue weighted by atomic mass is 32.2. The maximum absolute atomic E-state index is 13.1. The lowest BCUT2D eigenvalue weighted by Crippen LogP contribution is -2.34. The Kier molecular flexibility index (Phi) is 8.33. The quantitative estimate of drug-likeness (QED) is 0.531. The number of hydrogen-bond donors (Lipinski definition) is 0. The van der Waals surface area contributed by atoms with E-state index in [1.165, 1.54) is 31.1 Å². The fraction of sp³-hybridized carbons (Fsp3) is 0.440. The number of benzene rings is 2. The fourth-order valence-electron chi connectivity index (χ4n) is 3.94. The van der Waals surface area contributed by atoms with Crippen LogP contribution in [0.3, 0.4) is 0 Å². The number of ether oxygens (including phenoxy) is 1. The maximum Gasteiger partial charge on any atom is 0.340 e. The van der Waals surface area contributed by atoms with Gasteiger partial charge < -0.3 is 14.5 Å². The number of anilines is 1. The second-order valence-corrected chi connectivity index (χ2v) is 10.8. The third kappa shape index (κ3) is 5.77. The Labute approximate surface area is 202 Å². The molecule has 1 fully saturated rings. The molecule has 0 N–H and O–H groups in total. The predicted octanol–water partition coefficient (Wildman–Crippen LogP) is 3.30. The molecule has 9 heteroatoms. The molecule has 3 rings (SSSR count). The molecular formula is C25H33N3O5S. The summed E-state index contributed by atoms with van der Waals surface area (Å²) in [6, 6.07) is 13.9. The molecule has 1 atom stereocenters. The normalized spacial score (nSPS) is 15.1. The lowest BCUT2D eigenvalue weighted by atomic mass is 10.1. The van der Waals surface area contributed by atoms with Crippen LogP contribution >= 0.6 is 0 Å². The largest absolute Gasteiger partial charge is 0.452 e. The van der Waals surface area contributed by atoms with Gasteiger partial charge >= 0.3 is 5.97 Å². The molecule has 0 aromatic heterocycles. The van der Waals surface area contributed by atoms with Gasteiger partial charge in [-0.15, -0.1) is 0 Å². The van der Waals surface area contributed by atoms with Crippen molar-refractivity contribution < 1.29 is 22.7 Å². The Balaban J connectivity index is 1.80. The van der Waals surface area contributed by atoms with Crippen LogP contribution in [0.4, 0.5) is 5.69 Å². The summed E-state index contributed by atoms with van der Waals surface area (Å²) in [6.07, 6.45) is 3.10. The summed E-state index contributed by atoms with van der Waals surface area (Å²) < 4.78 is 31.8. The highest BCUT2D eigenvalue weighted by molar-refractivity contribution is 7.89. The third-order valence-corrected chi connectivity index (χ3v) is 8.06. The van der Waals surface area contributed by atoms with E-state index in [2.05, 4.69) is 4.90 Å². The Morgan fingerprint density at radius 1 is 1.00 bits per heavy atom. The first-order valence-corrected chi connectivity index (χ1v) is 12.9. The molecule has 1 aliphatic heterocycles. The van der Waals surface area contributed by atoms with Crippen molar-refractivity contribution in [2.75, 3.05) is 45.7 Å². The molecule has 1 saturated heterocycles. The molecule has 1 heterocycles. The number of amides is 1. The highest BCUT2D eigenvalue weighted by Crippen LogP contribution is 2.28. The molecule has 1 aliphatic rings. The molecule has 184 valence electrons. The van der Waals surface area contributed by atoms with Gasteiger partial charge in [-0.05, 0) is 49.9 Å². The van der Waals surface area contributed by atoms with Crippen molar-refractivity contribution >= 4 is 27.6 Å². The monoisotopic (exact) mass is 487 g/mol. The molecule has 1 amide bonds. The summed E-state index contributed by atoms with van der Waals surface area (Å²) in [5.74, 6) is -1.06. The summed E-state index contributed by atoms with van der Waals surface area (Å²) >= 11 is 0. The van der Waals surface area contributed by atoms with Crippen LogP contribution in [0.15, 0.2) is 53.4 Å². The van der Waals surface area contributed by atoms with E-state index in [-0.39, 0.29) is 22.4 Å². The average Bonchev–Trinajstić information content (AvgIpc) is 2.86. The van der Waals surface area contributed by atoms with Gasteiger partial charge in [-0.2, -0.15) is 0 Å². The van der Waals surface area contributed by atoms with Crippen molar-refractivity contribution in [2.24, 2.45) is 0 Å². The Hall–Kier alpha value is -2.91. The standard InChI is InChI=1S/C25H33N3O5S/c1-19(20-11-7-5-8-12-20)27(4)24(29)18-33-25(30)22-17-21(34(31,32)26(2)3)13-14-23(22)28-15-9-6-10-16-28/h5,7-8,11-14,17,19H,6,9-10,15-16,18H2,1-4H3. The first-order valence-electron chi connectivity index (χ1n) is 11.4. The second kappa shape index (κ2) is 11.0. The summed E-state index contributed by atoms with van der Waals surface area (Å²) in [6.45, 7) is 3.02. The molecule has 0 bridgehead atoms. The number of sulfonamides is 1. The third-order valence-electron chi connectivity index (χ3n) is 6.25.